The van der Waals surface area contributed by atoms with Crippen LogP contribution in [0.5, 0.6) is 0 Å². The summed E-state index contributed by atoms with van der Waals surface area (Å²) < 4.78 is 19.5. The topological polar surface area (TPSA) is 76.0 Å². The number of phosphoric acid groups is 1. The van der Waals surface area contributed by atoms with Crippen molar-refractivity contribution in [3.05, 3.63) is 0 Å². The highest BCUT2D eigenvalue weighted by molar-refractivity contribution is 7.46. The zero-order valence-corrected chi connectivity index (χ0v) is 6.87. The summed E-state index contributed by atoms with van der Waals surface area (Å²) in [5, 5.41) is 0. The van der Waals surface area contributed by atoms with E-state index in [9.17, 15) is 4.57 Å². The third-order valence-corrected chi connectivity index (χ3v) is 1.94. The first-order valence-electron chi connectivity index (χ1n) is 3.39. The zero-order valence-electron chi connectivity index (χ0n) is 5.97. The third kappa shape index (κ3) is 3.84. The normalized spacial score (nSPS) is 25.8. The van der Waals surface area contributed by atoms with E-state index in [4.69, 9.17) is 14.5 Å². The molecule has 1 rings (SSSR count). The smallest absolute Gasteiger partial charge is 0.376 e. The molecule has 1 aliphatic rings. The van der Waals surface area contributed by atoms with Crippen LogP contribution >= 0.6 is 7.82 Å². The summed E-state index contributed by atoms with van der Waals surface area (Å²) in [6.07, 6.45) is 1.62. The van der Waals surface area contributed by atoms with E-state index >= 15 is 0 Å². The zero-order chi connectivity index (χ0) is 8.32. The van der Waals surface area contributed by atoms with Gasteiger partial charge in [-0.15, -0.1) is 0 Å². The Morgan fingerprint density at radius 3 is 2.82 bits per heavy atom. The second-order valence-corrected chi connectivity index (χ2v) is 3.66. The maximum atomic E-state index is 10.2. The lowest BCUT2D eigenvalue weighted by Gasteiger charge is -2.09. The Hall–Kier alpha value is 0.0700. The van der Waals surface area contributed by atoms with E-state index in [-0.39, 0.29) is 12.7 Å². The molecule has 0 aromatic heterocycles. The Morgan fingerprint density at radius 2 is 2.36 bits per heavy atom. The number of phosphoric ester groups is 1. The highest BCUT2D eigenvalue weighted by Crippen LogP contribution is 2.36. The molecule has 1 atom stereocenters. The fourth-order valence-corrected chi connectivity index (χ4v) is 1.32. The van der Waals surface area contributed by atoms with Crippen LogP contribution in [0.15, 0.2) is 0 Å². The number of ether oxygens (including phenoxy) is 1. The molecule has 1 heterocycles. The molecule has 2 N–H and O–H groups in total. The molecule has 0 amide bonds. The van der Waals surface area contributed by atoms with Crippen LogP contribution in [-0.4, -0.2) is 29.1 Å². The van der Waals surface area contributed by atoms with Crippen molar-refractivity contribution in [2.75, 3.05) is 13.2 Å². The van der Waals surface area contributed by atoms with Gasteiger partial charge in [0.05, 0.1) is 12.7 Å². The fraction of sp³-hybridized carbons (Fsp3) is 1.00. The van der Waals surface area contributed by atoms with Gasteiger partial charge in [-0.25, -0.2) is 4.57 Å². The van der Waals surface area contributed by atoms with Crippen LogP contribution < -0.4 is 0 Å². The lowest BCUT2D eigenvalue weighted by atomic mass is 10.2. The van der Waals surface area contributed by atoms with Crippen LogP contribution in [-0.2, 0) is 13.8 Å². The van der Waals surface area contributed by atoms with Crippen molar-refractivity contribution in [3.63, 3.8) is 0 Å². The predicted molar refractivity (Wildman–Crippen MR) is 37.0 cm³/mol. The minimum absolute atomic E-state index is 0.00965. The van der Waals surface area contributed by atoms with Gasteiger partial charge < -0.3 is 14.5 Å². The van der Waals surface area contributed by atoms with Gasteiger partial charge in [-0.1, -0.05) is 0 Å². The van der Waals surface area contributed by atoms with Gasteiger partial charge in [0, 0.05) is 6.61 Å². The van der Waals surface area contributed by atoms with Crippen molar-refractivity contribution < 1.29 is 23.6 Å². The van der Waals surface area contributed by atoms with Crippen LogP contribution in [0.2, 0.25) is 0 Å². The first-order valence-corrected chi connectivity index (χ1v) is 4.92. The standard InChI is InChI=1S/C5H11O5P/c6-11(7,8)10-4-5-2-1-3-9-5/h5H,1-4H2,(H2,6,7,8)/t5-/m0/s1. The maximum Gasteiger partial charge on any atom is 0.469 e. The van der Waals surface area contributed by atoms with E-state index in [0.717, 1.165) is 12.8 Å². The van der Waals surface area contributed by atoms with Crippen molar-refractivity contribution >= 4 is 7.82 Å². The Balaban J connectivity index is 2.16. The van der Waals surface area contributed by atoms with Gasteiger partial charge in [0.1, 0.15) is 0 Å². The summed E-state index contributed by atoms with van der Waals surface area (Å²) in [7, 11) is -4.30. The lowest BCUT2D eigenvalue weighted by Crippen LogP contribution is -2.12. The highest BCUT2D eigenvalue weighted by Gasteiger charge is 2.21. The molecule has 0 aliphatic carbocycles. The first kappa shape index (κ1) is 9.16. The molecule has 1 saturated heterocycles. The van der Waals surface area contributed by atoms with E-state index in [0.29, 0.717) is 6.61 Å². The van der Waals surface area contributed by atoms with Gasteiger partial charge in [0.25, 0.3) is 0 Å². The van der Waals surface area contributed by atoms with Crippen molar-refractivity contribution in [1.82, 2.24) is 0 Å². The van der Waals surface area contributed by atoms with Crippen LogP contribution in [0.1, 0.15) is 12.8 Å². The molecule has 0 aromatic rings. The summed E-state index contributed by atoms with van der Waals surface area (Å²) in [5.74, 6) is 0. The molecule has 1 fully saturated rings. The molecule has 0 radical (unpaired) electrons. The molecule has 0 saturated carbocycles. The van der Waals surface area contributed by atoms with Gasteiger partial charge in [-0.3, -0.25) is 4.52 Å². The Morgan fingerprint density at radius 1 is 1.64 bits per heavy atom. The van der Waals surface area contributed by atoms with Gasteiger partial charge >= 0.3 is 7.82 Å². The Labute approximate surface area is 64.6 Å². The lowest BCUT2D eigenvalue weighted by molar-refractivity contribution is 0.0547. The molecule has 66 valence electrons. The van der Waals surface area contributed by atoms with E-state index < -0.39 is 7.82 Å². The maximum absolute atomic E-state index is 10.2. The third-order valence-electron chi connectivity index (χ3n) is 1.45. The summed E-state index contributed by atoms with van der Waals surface area (Å²) in [6.45, 7) is 0.652. The number of hydrogen-bond donors (Lipinski definition) is 2. The average Bonchev–Trinajstić information content (AvgIpc) is 2.32. The minimum atomic E-state index is -4.30. The number of hydrogen-bond acceptors (Lipinski definition) is 3. The summed E-state index contributed by atoms with van der Waals surface area (Å²) >= 11 is 0. The SMILES string of the molecule is O=P(O)(O)OC[C@@H]1CCCO1. The number of rotatable bonds is 3. The molecule has 6 heteroatoms. The summed E-state index contributed by atoms with van der Waals surface area (Å²) in [5.41, 5.74) is 0. The first-order chi connectivity index (χ1) is 5.08. The Kier molecular flexibility index (Phi) is 3.04. The van der Waals surface area contributed by atoms with E-state index in [1.54, 1.807) is 0 Å². The second kappa shape index (κ2) is 3.65. The summed E-state index contributed by atoms with van der Waals surface area (Å²) in [6, 6.07) is 0. The second-order valence-electron chi connectivity index (χ2n) is 2.42. The van der Waals surface area contributed by atoms with Crippen molar-refractivity contribution in [2.45, 2.75) is 18.9 Å². The molecule has 0 unspecified atom stereocenters. The molecule has 11 heavy (non-hydrogen) atoms. The fourth-order valence-electron chi connectivity index (χ4n) is 0.956. The highest BCUT2D eigenvalue weighted by atomic mass is 31.2. The Bertz CT molecular complexity index is 158. The van der Waals surface area contributed by atoms with Crippen molar-refractivity contribution in [1.29, 1.82) is 0 Å². The van der Waals surface area contributed by atoms with Crippen LogP contribution in [0.3, 0.4) is 0 Å². The van der Waals surface area contributed by atoms with E-state index in [1.807, 2.05) is 0 Å². The van der Waals surface area contributed by atoms with Crippen LogP contribution in [0.25, 0.3) is 0 Å². The van der Waals surface area contributed by atoms with Gasteiger partial charge in [-0.2, -0.15) is 0 Å². The minimum Gasteiger partial charge on any atom is -0.376 e. The molecule has 0 bridgehead atoms. The quantitative estimate of drug-likeness (QED) is 0.613. The average molecular weight is 182 g/mol. The molecule has 1 aliphatic heterocycles. The van der Waals surface area contributed by atoms with Crippen LogP contribution in [0, 0.1) is 0 Å². The summed E-state index contributed by atoms with van der Waals surface area (Å²) in [4.78, 5) is 16.6. The monoisotopic (exact) mass is 182 g/mol. The van der Waals surface area contributed by atoms with Crippen molar-refractivity contribution in [3.8, 4) is 0 Å². The van der Waals surface area contributed by atoms with Gasteiger partial charge in [0.2, 0.25) is 0 Å². The molecule has 0 spiro atoms. The van der Waals surface area contributed by atoms with Crippen LogP contribution in [0.4, 0.5) is 0 Å². The molecular formula is C5H11O5P. The predicted octanol–water partition coefficient (Wildman–Crippen LogP) is 0.275. The van der Waals surface area contributed by atoms with E-state index in [2.05, 4.69) is 4.52 Å². The van der Waals surface area contributed by atoms with Gasteiger partial charge in [0.15, 0.2) is 0 Å². The van der Waals surface area contributed by atoms with E-state index in [1.165, 1.54) is 0 Å². The molecule has 0 aromatic carbocycles. The van der Waals surface area contributed by atoms with Gasteiger partial charge in [-0.05, 0) is 12.8 Å². The largest absolute Gasteiger partial charge is 0.469 e. The molecule has 5 nitrogen and oxygen atoms in total. The molecular weight excluding hydrogens is 171 g/mol. The van der Waals surface area contributed by atoms with Crippen molar-refractivity contribution in [2.24, 2.45) is 0 Å².